The Morgan fingerprint density at radius 2 is 1.62 bits per heavy atom. The van der Waals surface area contributed by atoms with E-state index < -0.39 is 17.5 Å². The largest absolute Gasteiger partial charge is 0.508 e. The summed E-state index contributed by atoms with van der Waals surface area (Å²) in [7, 11) is 0. The van der Waals surface area contributed by atoms with Gasteiger partial charge in [-0.2, -0.15) is 0 Å². The number of hydrogen-bond acceptors (Lipinski definition) is 6. The maximum absolute atomic E-state index is 12.9. The molecule has 7 heteroatoms. The molecule has 0 aliphatic carbocycles. The third-order valence-electron chi connectivity index (χ3n) is 5.99. The van der Waals surface area contributed by atoms with E-state index in [9.17, 15) is 24.9 Å². The second-order valence-electron chi connectivity index (χ2n) is 7.74. The first-order chi connectivity index (χ1) is 15.4. The van der Waals surface area contributed by atoms with Crippen LogP contribution in [0.4, 0.5) is 0 Å². The van der Waals surface area contributed by atoms with Gasteiger partial charge in [0, 0.05) is 22.6 Å². The first-order valence-corrected chi connectivity index (χ1v) is 9.78. The molecule has 0 radical (unpaired) electrons. The number of hydrogen-bond donors (Lipinski definition) is 3. The topological polar surface area (TPSA) is 113 Å². The molecule has 6 rings (SSSR count). The minimum Gasteiger partial charge on any atom is -0.508 e. The fourth-order valence-electron chi connectivity index (χ4n) is 4.72. The van der Waals surface area contributed by atoms with Crippen molar-refractivity contribution in [2.75, 3.05) is 0 Å². The average Bonchev–Trinajstić information content (AvgIpc) is 3.06. The normalized spacial score (nSPS) is 17.9. The lowest BCUT2D eigenvalue weighted by Crippen LogP contribution is -2.35. The Morgan fingerprint density at radius 1 is 0.875 bits per heavy atom. The van der Waals surface area contributed by atoms with Gasteiger partial charge in [0.05, 0.1) is 16.7 Å². The van der Waals surface area contributed by atoms with Gasteiger partial charge in [-0.15, -0.1) is 0 Å². The number of carboxylic acid groups (broad SMARTS) is 1. The molecule has 0 amide bonds. The second kappa shape index (κ2) is 6.01. The molecule has 1 unspecified atom stereocenters. The van der Waals surface area contributed by atoms with Crippen LogP contribution < -0.4 is 4.74 Å². The second-order valence-corrected chi connectivity index (χ2v) is 7.74. The highest BCUT2D eigenvalue weighted by Gasteiger charge is 2.55. The molecule has 0 bridgehead atoms. The van der Waals surface area contributed by atoms with E-state index in [-0.39, 0.29) is 34.1 Å². The fraction of sp³-hybridized carbons (Fsp3) is 0.0400. The molecule has 0 saturated carbocycles. The Bertz CT molecular complexity index is 1500. The van der Waals surface area contributed by atoms with Crippen LogP contribution in [0, 0.1) is 0 Å². The van der Waals surface area contributed by atoms with E-state index in [1.165, 1.54) is 30.3 Å². The van der Waals surface area contributed by atoms with Crippen LogP contribution in [0.2, 0.25) is 0 Å². The van der Waals surface area contributed by atoms with Gasteiger partial charge in [0.1, 0.15) is 23.0 Å². The van der Waals surface area contributed by atoms with Crippen molar-refractivity contribution in [1.29, 1.82) is 0 Å². The van der Waals surface area contributed by atoms with E-state index >= 15 is 0 Å². The lowest BCUT2D eigenvalue weighted by Gasteiger charge is -2.38. The molecule has 1 atom stereocenters. The molecule has 2 aliphatic heterocycles. The fourth-order valence-corrected chi connectivity index (χ4v) is 4.72. The monoisotopic (exact) mass is 426 g/mol. The van der Waals surface area contributed by atoms with Crippen molar-refractivity contribution in [3.63, 3.8) is 0 Å². The zero-order valence-corrected chi connectivity index (χ0v) is 16.3. The first-order valence-electron chi connectivity index (χ1n) is 9.78. The summed E-state index contributed by atoms with van der Waals surface area (Å²) in [5.41, 5.74) is -0.309. The van der Waals surface area contributed by atoms with E-state index in [0.29, 0.717) is 27.5 Å². The molecule has 2 heterocycles. The predicted molar refractivity (Wildman–Crippen MR) is 112 cm³/mol. The molecular weight excluding hydrogens is 412 g/mol. The highest BCUT2D eigenvalue weighted by Crippen LogP contribution is 2.59. The number of phenols is 2. The first kappa shape index (κ1) is 18.3. The summed E-state index contributed by atoms with van der Waals surface area (Å²) in [5.74, 6) is -1.50. The summed E-state index contributed by atoms with van der Waals surface area (Å²) in [5, 5.41) is 31.1. The molecule has 1 spiro atoms. The van der Waals surface area contributed by atoms with Crippen LogP contribution in [-0.2, 0) is 10.3 Å². The standard InChI is InChI=1S/C25H14O7/c26-13-5-7-15-12(9-13)10-17(23(28)29)21-22(15)31-20-11-14(27)6-8-19(20)25(21)18-4-2-1-3-16(18)24(30)32-25/h1-11,26-27H,(H,28,29). The molecular formula is C25H14O7. The van der Waals surface area contributed by atoms with Gasteiger partial charge in [0.15, 0.2) is 5.60 Å². The predicted octanol–water partition coefficient (Wildman–Crippen LogP) is 4.52. The molecule has 3 N–H and O–H groups in total. The lowest BCUT2D eigenvalue weighted by atomic mass is 9.75. The average molecular weight is 426 g/mol. The highest BCUT2D eigenvalue weighted by atomic mass is 16.6. The van der Waals surface area contributed by atoms with Gasteiger partial charge in [-0.25, -0.2) is 9.59 Å². The summed E-state index contributed by atoms with van der Waals surface area (Å²) < 4.78 is 12.1. The number of aromatic hydroxyl groups is 2. The van der Waals surface area contributed by atoms with E-state index in [1.54, 1.807) is 36.4 Å². The van der Waals surface area contributed by atoms with Gasteiger partial charge in [-0.1, -0.05) is 18.2 Å². The molecule has 4 aromatic carbocycles. The lowest BCUT2D eigenvalue weighted by molar-refractivity contribution is 0.0216. The Morgan fingerprint density at radius 3 is 2.44 bits per heavy atom. The van der Waals surface area contributed by atoms with Crippen LogP contribution in [-0.4, -0.2) is 27.3 Å². The van der Waals surface area contributed by atoms with Gasteiger partial charge < -0.3 is 24.8 Å². The summed E-state index contributed by atoms with van der Waals surface area (Å²) in [4.78, 5) is 25.3. The minimum absolute atomic E-state index is 0.0324. The minimum atomic E-state index is -1.58. The summed E-state index contributed by atoms with van der Waals surface area (Å²) in [6.07, 6.45) is 0. The molecule has 156 valence electrons. The molecule has 2 aliphatic rings. The maximum atomic E-state index is 12.9. The zero-order chi connectivity index (χ0) is 22.2. The van der Waals surface area contributed by atoms with E-state index in [1.807, 2.05) is 0 Å². The molecule has 32 heavy (non-hydrogen) atoms. The number of benzene rings is 4. The van der Waals surface area contributed by atoms with Crippen LogP contribution in [0.15, 0.2) is 66.7 Å². The molecule has 4 aromatic rings. The van der Waals surface area contributed by atoms with E-state index in [0.717, 1.165) is 0 Å². The van der Waals surface area contributed by atoms with Gasteiger partial charge in [-0.05, 0) is 47.9 Å². The van der Waals surface area contributed by atoms with Gasteiger partial charge in [0.25, 0.3) is 0 Å². The smallest absolute Gasteiger partial charge is 0.340 e. The number of phenolic OH excluding ortho intramolecular Hbond substituents is 2. The van der Waals surface area contributed by atoms with Crippen molar-refractivity contribution in [3.05, 3.63) is 94.5 Å². The van der Waals surface area contributed by atoms with Gasteiger partial charge in [-0.3, -0.25) is 0 Å². The quantitative estimate of drug-likeness (QED) is 0.384. The molecule has 0 aromatic heterocycles. The van der Waals surface area contributed by atoms with Crippen molar-refractivity contribution in [3.8, 4) is 23.0 Å². The third kappa shape index (κ3) is 2.19. The maximum Gasteiger partial charge on any atom is 0.340 e. The van der Waals surface area contributed by atoms with E-state index in [2.05, 4.69) is 0 Å². The van der Waals surface area contributed by atoms with E-state index in [4.69, 9.17) is 9.47 Å². The number of rotatable bonds is 1. The molecule has 0 fully saturated rings. The van der Waals surface area contributed by atoms with Crippen LogP contribution in [0.1, 0.15) is 37.4 Å². The zero-order valence-electron chi connectivity index (χ0n) is 16.3. The van der Waals surface area contributed by atoms with Gasteiger partial charge in [0.2, 0.25) is 0 Å². The van der Waals surface area contributed by atoms with Crippen LogP contribution in [0.3, 0.4) is 0 Å². The Kier molecular flexibility index (Phi) is 3.43. The number of ether oxygens (including phenoxy) is 2. The van der Waals surface area contributed by atoms with Crippen LogP contribution in [0.5, 0.6) is 23.0 Å². The number of carbonyl (C=O) groups is 2. The number of carboxylic acids is 1. The summed E-state index contributed by atoms with van der Waals surface area (Å²) in [6, 6.07) is 17.1. The van der Waals surface area contributed by atoms with Crippen LogP contribution in [0.25, 0.3) is 10.8 Å². The van der Waals surface area contributed by atoms with Crippen molar-refractivity contribution < 1.29 is 34.4 Å². The Labute approximate surface area is 180 Å². The number of aromatic carboxylic acids is 1. The number of esters is 1. The molecule has 7 nitrogen and oxygen atoms in total. The third-order valence-corrected chi connectivity index (χ3v) is 5.99. The van der Waals surface area contributed by atoms with Crippen molar-refractivity contribution in [2.45, 2.75) is 5.60 Å². The summed E-state index contributed by atoms with van der Waals surface area (Å²) in [6.45, 7) is 0. The Hall–Kier alpha value is -4.52. The number of fused-ring (bicyclic) bond motifs is 8. The van der Waals surface area contributed by atoms with Crippen molar-refractivity contribution >= 4 is 22.7 Å². The van der Waals surface area contributed by atoms with Gasteiger partial charge >= 0.3 is 11.9 Å². The molecule has 0 saturated heterocycles. The Balaban J connectivity index is 1.84. The van der Waals surface area contributed by atoms with Crippen molar-refractivity contribution in [1.82, 2.24) is 0 Å². The number of carbonyl (C=O) groups excluding carboxylic acids is 1. The highest BCUT2D eigenvalue weighted by molar-refractivity contribution is 6.04. The van der Waals surface area contributed by atoms with Crippen LogP contribution >= 0.6 is 0 Å². The SMILES string of the molecule is O=C1OC2(c3ccc(O)cc3Oc3c2c(C(=O)O)cc2cc(O)ccc32)c2ccccc21. The summed E-state index contributed by atoms with van der Waals surface area (Å²) >= 11 is 0. The van der Waals surface area contributed by atoms with Crippen molar-refractivity contribution in [2.24, 2.45) is 0 Å².